The van der Waals surface area contributed by atoms with Crippen LogP contribution in [-0.4, -0.2) is 12.4 Å². The molecular weight excluding hydrogens is 340 g/mol. The molecule has 0 aliphatic heterocycles. The van der Waals surface area contributed by atoms with Gasteiger partial charge in [0.1, 0.15) is 0 Å². The molecule has 0 radical (unpaired) electrons. The van der Waals surface area contributed by atoms with Gasteiger partial charge < -0.3 is 0 Å². The van der Waals surface area contributed by atoms with Crippen LogP contribution in [0.1, 0.15) is 61.8 Å². The second kappa shape index (κ2) is 9.27. The highest BCUT2D eigenvalue weighted by Gasteiger charge is 1.99. The van der Waals surface area contributed by atoms with Crippen molar-refractivity contribution in [3.05, 3.63) is 95.1 Å². The van der Waals surface area contributed by atoms with E-state index >= 15 is 0 Å². The van der Waals surface area contributed by atoms with E-state index in [1.807, 2.05) is 36.7 Å². The van der Waals surface area contributed by atoms with E-state index in [2.05, 4.69) is 86.2 Å². The largest absolute Gasteiger partial charge is 0.256 e. The molecule has 0 spiro atoms. The highest BCUT2D eigenvalue weighted by atomic mass is 14.7. The molecule has 0 amide bonds. The summed E-state index contributed by atoms with van der Waals surface area (Å²) in [7, 11) is 0. The van der Waals surface area contributed by atoms with Crippen LogP contribution in [0, 0.1) is 0 Å². The number of nitrogens with zero attached hydrogens (tertiary/aromatic N) is 2. The Bertz CT molecular complexity index is 849. The minimum Gasteiger partial charge on any atom is -0.256 e. The molecule has 2 nitrogen and oxygen atoms in total. The summed E-state index contributed by atoms with van der Waals surface area (Å²) in [6, 6.07) is 25.1. The molecule has 0 N–H and O–H groups in total. The molecule has 0 aliphatic carbocycles. The van der Waals surface area contributed by atoms with E-state index in [-0.39, 0.29) is 0 Å². The minimum absolute atomic E-state index is 0.548. The van der Waals surface area contributed by atoms with Gasteiger partial charge in [0.05, 0.1) is 11.4 Å². The van der Waals surface area contributed by atoms with Crippen LogP contribution >= 0.6 is 0 Å². The van der Waals surface area contributed by atoms with Crippen LogP contribution in [0.25, 0.3) is 0 Å². The summed E-state index contributed by atoms with van der Waals surface area (Å²) in [5.41, 5.74) is 6.76. The van der Waals surface area contributed by atoms with Crippen LogP contribution in [0.15, 0.2) is 82.8 Å². The molecule has 0 fully saturated rings. The fourth-order valence-electron chi connectivity index (χ4n) is 2.86. The predicted molar refractivity (Wildman–Crippen MR) is 122 cm³/mol. The Morgan fingerprint density at radius 2 is 0.821 bits per heavy atom. The third kappa shape index (κ3) is 5.50. The molecule has 0 saturated heterocycles. The lowest BCUT2D eigenvalue weighted by atomic mass is 10.0. The number of rotatable bonds is 6. The van der Waals surface area contributed by atoms with Gasteiger partial charge in [-0.25, -0.2) is 0 Å². The molecule has 0 saturated carbocycles. The predicted octanol–water partition coefficient (Wildman–Crippen LogP) is 7.43. The summed E-state index contributed by atoms with van der Waals surface area (Å²) in [6.07, 6.45) is 3.80. The first-order chi connectivity index (χ1) is 13.5. The van der Waals surface area contributed by atoms with Gasteiger partial charge in [-0.05, 0) is 58.4 Å². The standard InChI is InChI=1S/C26H28N2/c1-19(2)23-9-5-21(6-10-23)17-27-25-13-15-26(16-14-25)28-18-22-7-11-24(12-8-22)20(3)4/h5-20H,1-4H3. The molecule has 0 bridgehead atoms. The zero-order valence-corrected chi connectivity index (χ0v) is 17.1. The van der Waals surface area contributed by atoms with Gasteiger partial charge in [0.25, 0.3) is 0 Å². The maximum atomic E-state index is 4.56. The summed E-state index contributed by atoms with van der Waals surface area (Å²) >= 11 is 0. The summed E-state index contributed by atoms with van der Waals surface area (Å²) in [6.45, 7) is 8.81. The van der Waals surface area contributed by atoms with Crippen LogP contribution in [0.2, 0.25) is 0 Å². The topological polar surface area (TPSA) is 24.7 Å². The molecule has 3 aromatic rings. The quantitative estimate of drug-likeness (QED) is 0.404. The van der Waals surface area contributed by atoms with Crippen molar-refractivity contribution in [2.45, 2.75) is 39.5 Å². The summed E-state index contributed by atoms with van der Waals surface area (Å²) < 4.78 is 0. The molecule has 0 atom stereocenters. The zero-order valence-electron chi connectivity index (χ0n) is 17.1. The fourth-order valence-corrected chi connectivity index (χ4v) is 2.86. The Labute approximate surface area is 168 Å². The molecule has 0 unspecified atom stereocenters. The molecule has 142 valence electrons. The van der Waals surface area contributed by atoms with Crippen LogP contribution < -0.4 is 0 Å². The van der Waals surface area contributed by atoms with Crippen molar-refractivity contribution in [2.75, 3.05) is 0 Å². The average Bonchev–Trinajstić information content (AvgIpc) is 2.72. The number of hydrogen-bond donors (Lipinski definition) is 0. The van der Waals surface area contributed by atoms with Crippen molar-refractivity contribution in [2.24, 2.45) is 9.98 Å². The van der Waals surface area contributed by atoms with Gasteiger partial charge in [-0.1, -0.05) is 76.2 Å². The zero-order chi connectivity index (χ0) is 19.9. The molecule has 3 aromatic carbocycles. The second-order valence-electron chi connectivity index (χ2n) is 7.68. The minimum atomic E-state index is 0.548. The van der Waals surface area contributed by atoms with Gasteiger partial charge in [-0.3, -0.25) is 9.98 Å². The Kier molecular flexibility index (Phi) is 6.54. The Morgan fingerprint density at radius 1 is 0.500 bits per heavy atom. The van der Waals surface area contributed by atoms with Gasteiger partial charge in [0, 0.05) is 12.4 Å². The Balaban J connectivity index is 1.62. The molecule has 28 heavy (non-hydrogen) atoms. The monoisotopic (exact) mass is 368 g/mol. The first kappa shape index (κ1) is 19.8. The maximum absolute atomic E-state index is 4.56. The second-order valence-corrected chi connectivity index (χ2v) is 7.68. The smallest absolute Gasteiger partial charge is 0.0631 e. The van der Waals surface area contributed by atoms with Gasteiger partial charge >= 0.3 is 0 Å². The highest BCUT2D eigenvalue weighted by molar-refractivity contribution is 5.83. The van der Waals surface area contributed by atoms with E-state index in [0.717, 1.165) is 22.5 Å². The lowest BCUT2D eigenvalue weighted by Crippen LogP contribution is -1.88. The Morgan fingerprint density at radius 3 is 1.11 bits per heavy atom. The van der Waals surface area contributed by atoms with E-state index in [1.165, 1.54) is 11.1 Å². The van der Waals surface area contributed by atoms with Gasteiger partial charge in [0.15, 0.2) is 0 Å². The van der Waals surface area contributed by atoms with Gasteiger partial charge in [-0.15, -0.1) is 0 Å². The summed E-state index contributed by atoms with van der Waals surface area (Å²) in [4.78, 5) is 9.12. The molecule has 0 aromatic heterocycles. The normalized spacial score (nSPS) is 11.9. The number of hydrogen-bond acceptors (Lipinski definition) is 2. The summed E-state index contributed by atoms with van der Waals surface area (Å²) in [5, 5.41) is 0. The third-order valence-corrected chi connectivity index (χ3v) is 4.78. The fraction of sp³-hybridized carbons (Fsp3) is 0.231. The summed E-state index contributed by atoms with van der Waals surface area (Å²) in [5.74, 6) is 1.10. The first-order valence-electron chi connectivity index (χ1n) is 9.89. The molecular formula is C26H28N2. The lowest BCUT2D eigenvalue weighted by molar-refractivity contribution is 0.866. The molecule has 2 heteroatoms. The van der Waals surface area contributed by atoms with Crippen molar-refractivity contribution in [3.8, 4) is 0 Å². The van der Waals surface area contributed by atoms with Crippen LogP contribution in [0.4, 0.5) is 11.4 Å². The lowest BCUT2D eigenvalue weighted by Gasteiger charge is -2.04. The van der Waals surface area contributed by atoms with Crippen molar-refractivity contribution in [1.82, 2.24) is 0 Å². The van der Waals surface area contributed by atoms with Crippen LogP contribution in [0.5, 0.6) is 0 Å². The van der Waals surface area contributed by atoms with E-state index in [9.17, 15) is 0 Å². The Hall–Kier alpha value is -3.00. The van der Waals surface area contributed by atoms with Crippen molar-refractivity contribution >= 4 is 23.8 Å². The van der Waals surface area contributed by atoms with E-state index in [4.69, 9.17) is 0 Å². The van der Waals surface area contributed by atoms with Gasteiger partial charge in [0.2, 0.25) is 0 Å². The molecule has 0 aliphatic rings. The maximum Gasteiger partial charge on any atom is 0.0631 e. The van der Waals surface area contributed by atoms with Crippen molar-refractivity contribution < 1.29 is 0 Å². The number of aliphatic imine (C=N–C) groups is 2. The highest BCUT2D eigenvalue weighted by Crippen LogP contribution is 2.20. The van der Waals surface area contributed by atoms with Crippen molar-refractivity contribution in [1.29, 1.82) is 0 Å². The van der Waals surface area contributed by atoms with Crippen LogP contribution in [0.3, 0.4) is 0 Å². The van der Waals surface area contributed by atoms with Crippen LogP contribution in [-0.2, 0) is 0 Å². The van der Waals surface area contributed by atoms with Gasteiger partial charge in [-0.2, -0.15) is 0 Å². The van der Waals surface area contributed by atoms with E-state index < -0.39 is 0 Å². The van der Waals surface area contributed by atoms with E-state index in [0.29, 0.717) is 11.8 Å². The van der Waals surface area contributed by atoms with Crippen molar-refractivity contribution in [3.63, 3.8) is 0 Å². The number of benzene rings is 3. The first-order valence-corrected chi connectivity index (χ1v) is 9.89. The molecule has 3 rings (SSSR count). The van der Waals surface area contributed by atoms with E-state index in [1.54, 1.807) is 0 Å². The average molecular weight is 369 g/mol. The SMILES string of the molecule is CC(C)c1ccc(C=Nc2ccc(N=Cc3ccc(C(C)C)cc3)cc2)cc1. The third-order valence-electron chi connectivity index (χ3n) is 4.78. The molecule has 0 heterocycles.